The van der Waals surface area contributed by atoms with Crippen LogP contribution in [0.1, 0.15) is 18.4 Å². The van der Waals surface area contributed by atoms with Gasteiger partial charge in [0, 0.05) is 29.9 Å². The molecule has 4 rings (SSSR count). The van der Waals surface area contributed by atoms with Gasteiger partial charge in [-0.3, -0.25) is 0 Å². The molecule has 5 N–H and O–H groups in total. The van der Waals surface area contributed by atoms with Crippen molar-refractivity contribution in [2.24, 2.45) is 5.92 Å². The number of fused-ring (bicyclic) bond motifs is 1. The monoisotopic (exact) mass is 391 g/mol. The fourth-order valence-electron chi connectivity index (χ4n) is 3.37. The Morgan fingerprint density at radius 2 is 1.96 bits per heavy atom. The molecule has 0 unspecified atom stereocenters. The molecule has 0 spiro atoms. The Labute approximate surface area is 159 Å². The number of piperidine rings is 1. The van der Waals surface area contributed by atoms with Gasteiger partial charge >= 0.3 is 6.18 Å². The summed E-state index contributed by atoms with van der Waals surface area (Å²) < 4.78 is 39.2. The van der Waals surface area contributed by atoms with Gasteiger partial charge in [-0.25, -0.2) is 15.0 Å². The first-order valence-electron chi connectivity index (χ1n) is 9.03. The van der Waals surface area contributed by atoms with Gasteiger partial charge in [0.2, 0.25) is 5.95 Å². The van der Waals surface area contributed by atoms with Crippen LogP contribution in [0, 0.1) is 5.92 Å². The molecule has 0 saturated carbocycles. The van der Waals surface area contributed by atoms with Crippen LogP contribution < -0.4 is 16.4 Å². The second kappa shape index (κ2) is 7.27. The topological polar surface area (TPSA) is 105 Å². The van der Waals surface area contributed by atoms with Crippen molar-refractivity contribution in [1.82, 2.24) is 25.3 Å². The van der Waals surface area contributed by atoms with Gasteiger partial charge in [-0.2, -0.15) is 13.2 Å². The lowest BCUT2D eigenvalue weighted by molar-refractivity contribution is -0.137. The number of nitrogens with one attached hydrogen (secondary N) is 3. The maximum absolute atomic E-state index is 13.1. The van der Waals surface area contributed by atoms with E-state index < -0.39 is 11.7 Å². The summed E-state index contributed by atoms with van der Waals surface area (Å²) in [5.74, 6) is 0.925. The van der Waals surface area contributed by atoms with Gasteiger partial charge in [-0.15, -0.1) is 0 Å². The van der Waals surface area contributed by atoms with E-state index >= 15 is 0 Å². The van der Waals surface area contributed by atoms with Gasteiger partial charge in [0.1, 0.15) is 11.3 Å². The number of nitrogens with zero attached hydrogens (tertiary/aromatic N) is 3. The number of alkyl halides is 3. The normalized spacial score (nSPS) is 15.8. The second-order valence-electron chi connectivity index (χ2n) is 6.89. The van der Waals surface area contributed by atoms with E-state index in [1.54, 1.807) is 6.20 Å². The Hall–Kier alpha value is -2.88. The number of nitrogens with two attached hydrogens (primary N) is 1. The molecule has 0 bridgehead atoms. The maximum atomic E-state index is 13.1. The molecule has 0 aliphatic carbocycles. The first-order chi connectivity index (χ1) is 13.4. The third-order valence-electron chi connectivity index (χ3n) is 4.94. The number of pyridine rings is 1. The van der Waals surface area contributed by atoms with Crippen LogP contribution in [0.2, 0.25) is 0 Å². The highest BCUT2D eigenvalue weighted by atomic mass is 19.4. The number of anilines is 2. The van der Waals surface area contributed by atoms with Crippen molar-refractivity contribution in [2.75, 3.05) is 30.7 Å². The molecule has 10 heteroatoms. The molecule has 1 aliphatic rings. The highest BCUT2D eigenvalue weighted by Gasteiger charge is 2.31. The van der Waals surface area contributed by atoms with Gasteiger partial charge in [-0.1, -0.05) is 0 Å². The third-order valence-corrected chi connectivity index (χ3v) is 4.94. The number of H-pyrrole nitrogens is 1. The van der Waals surface area contributed by atoms with E-state index in [-0.39, 0.29) is 5.69 Å². The van der Waals surface area contributed by atoms with Gasteiger partial charge in [0.15, 0.2) is 0 Å². The number of rotatable bonds is 4. The van der Waals surface area contributed by atoms with Gasteiger partial charge in [-0.05, 0) is 37.9 Å². The number of aromatic amines is 1. The SMILES string of the molecule is Nc1cnc(NCC2CCNCC2)nc1-c1c[nH]c2ncc(C(F)(F)F)cc12. The van der Waals surface area contributed by atoms with E-state index in [2.05, 4.69) is 30.6 Å². The van der Waals surface area contributed by atoms with Crippen molar-refractivity contribution in [2.45, 2.75) is 19.0 Å². The van der Waals surface area contributed by atoms with Crippen molar-refractivity contribution >= 4 is 22.7 Å². The van der Waals surface area contributed by atoms with Crippen molar-refractivity contribution in [3.8, 4) is 11.3 Å². The number of hydrogen-bond donors (Lipinski definition) is 4. The van der Waals surface area contributed by atoms with Crippen LogP contribution in [0.25, 0.3) is 22.3 Å². The van der Waals surface area contributed by atoms with E-state index in [4.69, 9.17) is 5.73 Å². The summed E-state index contributed by atoms with van der Waals surface area (Å²) in [5, 5.41) is 6.84. The minimum atomic E-state index is -4.48. The zero-order valence-corrected chi connectivity index (χ0v) is 15.0. The molecule has 0 atom stereocenters. The molecule has 3 aromatic rings. The Morgan fingerprint density at radius 1 is 1.18 bits per heavy atom. The maximum Gasteiger partial charge on any atom is 0.417 e. The van der Waals surface area contributed by atoms with Crippen LogP contribution >= 0.6 is 0 Å². The van der Waals surface area contributed by atoms with Crippen LogP contribution in [0.4, 0.5) is 24.8 Å². The first-order valence-corrected chi connectivity index (χ1v) is 9.03. The van der Waals surface area contributed by atoms with Crippen molar-refractivity contribution < 1.29 is 13.2 Å². The summed E-state index contributed by atoms with van der Waals surface area (Å²) in [6.07, 6.45) is 1.50. The molecule has 0 radical (unpaired) electrons. The Bertz CT molecular complexity index is 977. The molecular formula is C18H20F3N7. The highest BCUT2D eigenvalue weighted by Crippen LogP contribution is 2.35. The lowest BCUT2D eigenvalue weighted by Gasteiger charge is -2.22. The van der Waals surface area contributed by atoms with Gasteiger partial charge in [0.05, 0.1) is 17.4 Å². The summed E-state index contributed by atoms with van der Waals surface area (Å²) in [7, 11) is 0. The summed E-state index contributed by atoms with van der Waals surface area (Å²) in [6.45, 7) is 2.72. The van der Waals surface area contributed by atoms with E-state index in [1.807, 2.05) is 0 Å². The predicted molar refractivity (Wildman–Crippen MR) is 101 cm³/mol. The number of hydrogen-bond acceptors (Lipinski definition) is 6. The van der Waals surface area contributed by atoms with Gasteiger partial charge < -0.3 is 21.4 Å². The fraction of sp³-hybridized carbons (Fsp3) is 0.389. The zero-order valence-electron chi connectivity index (χ0n) is 15.0. The molecule has 4 heterocycles. The lowest BCUT2D eigenvalue weighted by atomic mass is 9.98. The molecular weight excluding hydrogens is 371 g/mol. The summed E-state index contributed by atoms with van der Waals surface area (Å²) in [4.78, 5) is 15.4. The Morgan fingerprint density at radius 3 is 2.71 bits per heavy atom. The Kier molecular flexibility index (Phi) is 4.80. The standard InChI is InChI=1S/C18H20F3N7/c19-18(20,21)11-5-12-13(8-25-16(12)24-7-11)15-14(22)9-27-17(28-15)26-6-10-1-3-23-4-2-10/h5,7-10,23H,1-4,6,22H2,(H,24,25)(H,26,27,28). The minimum absolute atomic E-state index is 0.283. The molecule has 7 nitrogen and oxygen atoms in total. The molecule has 1 fully saturated rings. The van der Waals surface area contributed by atoms with Crippen LogP contribution in [-0.4, -0.2) is 39.6 Å². The Balaban J connectivity index is 1.64. The third kappa shape index (κ3) is 3.72. The van der Waals surface area contributed by atoms with Crippen LogP contribution in [0.3, 0.4) is 0 Å². The number of halogens is 3. The molecule has 1 aliphatic heterocycles. The van der Waals surface area contributed by atoms with E-state index in [0.717, 1.165) is 44.7 Å². The molecule has 0 aromatic carbocycles. The second-order valence-corrected chi connectivity index (χ2v) is 6.89. The molecule has 1 saturated heterocycles. The average Bonchev–Trinajstić information content (AvgIpc) is 3.10. The van der Waals surface area contributed by atoms with Crippen molar-refractivity contribution in [3.63, 3.8) is 0 Å². The smallest absolute Gasteiger partial charge is 0.396 e. The molecule has 0 amide bonds. The first kappa shape index (κ1) is 18.5. The quantitative estimate of drug-likeness (QED) is 0.545. The minimum Gasteiger partial charge on any atom is -0.396 e. The van der Waals surface area contributed by atoms with Gasteiger partial charge in [0.25, 0.3) is 0 Å². The van der Waals surface area contributed by atoms with Crippen molar-refractivity contribution in [1.29, 1.82) is 0 Å². The lowest BCUT2D eigenvalue weighted by Crippen LogP contribution is -2.31. The van der Waals surface area contributed by atoms with E-state index in [1.165, 1.54) is 6.20 Å². The van der Waals surface area contributed by atoms with Crippen molar-refractivity contribution in [3.05, 3.63) is 30.2 Å². The molecule has 28 heavy (non-hydrogen) atoms. The number of aromatic nitrogens is 4. The van der Waals surface area contributed by atoms with Crippen LogP contribution in [0.5, 0.6) is 0 Å². The molecule has 3 aromatic heterocycles. The summed E-state index contributed by atoms with van der Waals surface area (Å²) in [5.41, 5.74) is 6.64. The average molecular weight is 391 g/mol. The highest BCUT2D eigenvalue weighted by molar-refractivity contribution is 5.95. The largest absolute Gasteiger partial charge is 0.417 e. The van der Waals surface area contributed by atoms with Crippen LogP contribution in [-0.2, 0) is 6.18 Å². The van der Waals surface area contributed by atoms with Crippen LogP contribution in [0.15, 0.2) is 24.7 Å². The summed E-state index contributed by atoms with van der Waals surface area (Å²) in [6, 6.07) is 1.05. The zero-order chi connectivity index (χ0) is 19.7. The summed E-state index contributed by atoms with van der Waals surface area (Å²) >= 11 is 0. The van der Waals surface area contributed by atoms with E-state index in [0.29, 0.717) is 34.2 Å². The predicted octanol–water partition coefficient (Wildman–Crippen LogP) is 3.03. The fourth-order valence-corrected chi connectivity index (χ4v) is 3.37. The number of nitrogen functional groups attached to an aromatic ring is 1. The van der Waals surface area contributed by atoms with E-state index in [9.17, 15) is 13.2 Å². The molecule has 148 valence electrons.